The summed E-state index contributed by atoms with van der Waals surface area (Å²) in [4.78, 5) is 11.8. The molecule has 0 aliphatic heterocycles. The lowest BCUT2D eigenvalue weighted by molar-refractivity contribution is -0.122. The van der Waals surface area contributed by atoms with Crippen LogP contribution in [-0.4, -0.2) is 36.3 Å². The van der Waals surface area contributed by atoms with Crippen LogP contribution in [0.5, 0.6) is 0 Å². The number of amides is 1. The number of rotatable bonds is 7. The lowest BCUT2D eigenvalue weighted by Gasteiger charge is -2.13. The molecule has 0 radical (unpaired) electrons. The monoisotopic (exact) mass is 288 g/mol. The lowest BCUT2D eigenvalue weighted by atomic mass is 10.2. The highest BCUT2D eigenvalue weighted by molar-refractivity contribution is 7.89. The van der Waals surface area contributed by atoms with E-state index in [-0.39, 0.29) is 11.7 Å². The number of nitrogens with one attached hydrogen (secondary N) is 3. The number of nitrogens with zero attached hydrogens (tertiary/aromatic N) is 1. The molecule has 19 heavy (non-hydrogen) atoms. The molecule has 1 aromatic heterocycles. The standard InChI is InChI=1S/C11H20N4O3S/c1-4-5-19(17,18)15-9(3)11(16)12-6-10-7-13-14-8(10)2/h7,9,15H,4-6H2,1-3H3,(H,12,16)(H,13,14). The summed E-state index contributed by atoms with van der Waals surface area (Å²) in [5.41, 5.74) is 1.75. The molecule has 108 valence electrons. The molecule has 0 fully saturated rings. The molecule has 0 aliphatic carbocycles. The van der Waals surface area contributed by atoms with E-state index in [4.69, 9.17) is 0 Å². The van der Waals surface area contributed by atoms with Crippen molar-refractivity contribution in [1.82, 2.24) is 20.2 Å². The van der Waals surface area contributed by atoms with E-state index in [2.05, 4.69) is 20.2 Å². The number of aryl methyl sites for hydroxylation is 1. The van der Waals surface area contributed by atoms with Gasteiger partial charge in [0.2, 0.25) is 15.9 Å². The molecule has 8 heteroatoms. The maximum absolute atomic E-state index is 11.8. The molecule has 0 aromatic carbocycles. The number of H-pyrrole nitrogens is 1. The van der Waals surface area contributed by atoms with Crippen molar-refractivity contribution in [2.45, 2.75) is 39.8 Å². The number of carbonyl (C=O) groups is 1. The van der Waals surface area contributed by atoms with Crippen molar-refractivity contribution in [3.63, 3.8) is 0 Å². The highest BCUT2D eigenvalue weighted by Crippen LogP contribution is 2.01. The van der Waals surface area contributed by atoms with Gasteiger partial charge in [-0.05, 0) is 20.3 Å². The van der Waals surface area contributed by atoms with Crippen molar-refractivity contribution < 1.29 is 13.2 Å². The summed E-state index contributed by atoms with van der Waals surface area (Å²) in [6.07, 6.45) is 2.14. The molecule has 0 bridgehead atoms. The minimum atomic E-state index is -3.39. The van der Waals surface area contributed by atoms with E-state index in [0.29, 0.717) is 13.0 Å². The summed E-state index contributed by atoms with van der Waals surface area (Å²) in [7, 11) is -3.39. The van der Waals surface area contributed by atoms with E-state index in [9.17, 15) is 13.2 Å². The summed E-state index contributed by atoms with van der Waals surface area (Å²) in [5.74, 6) is -0.342. The molecular formula is C11H20N4O3S. The normalized spacial score (nSPS) is 13.2. The Morgan fingerprint density at radius 2 is 2.21 bits per heavy atom. The van der Waals surface area contributed by atoms with Crippen molar-refractivity contribution in [2.75, 3.05) is 5.75 Å². The van der Waals surface area contributed by atoms with Crippen LogP contribution >= 0.6 is 0 Å². The van der Waals surface area contributed by atoms with E-state index in [0.717, 1.165) is 11.3 Å². The van der Waals surface area contributed by atoms with E-state index >= 15 is 0 Å². The van der Waals surface area contributed by atoms with Gasteiger partial charge in [-0.1, -0.05) is 6.92 Å². The number of hydrogen-bond donors (Lipinski definition) is 3. The minimum absolute atomic E-state index is 0.0193. The third kappa shape index (κ3) is 4.99. The van der Waals surface area contributed by atoms with Crippen molar-refractivity contribution in [3.8, 4) is 0 Å². The van der Waals surface area contributed by atoms with E-state index in [1.807, 2.05) is 6.92 Å². The topological polar surface area (TPSA) is 104 Å². The minimum Gasteiger partial charge on any atom is -0.351 e. The first-order valence-corrected chi connectivity index (χ1v) is 7.77. The fraction of sp³-hybridized carbons (Fsp3) is 0.636. The Morgan fingerprint density at radius 3 is 2.74 bits per heavy atom. The number of sulfonamides is 1. The molecule has 1 unspecified atom stereocenters. The van der Waals surface area contributed by atoms with Gasteiger partial charge in [-0.15, -0.1) is 0 Å². The molecule has 0 spiro atoms. The van der Waals surface area contributed by atoms with Crippen LogP contribution in [0.25, 0.3) is 0 Å². The second-order valence-corrected chi connectivity index (χ2v) is 6.27. The maximum Gasteiger partial charge on any atom is 0.238 e. The van der Waals surface area contributed by atoms with Crippen LogP contribution in [0.3, 0.4) is 0 Å². The van der Waals surface area contributed by atoms with E-state index in [1.54, 1.807) is 13.1 Å². The maximum atomic E-state index is 11.8. The molecule has 1 amide bonds. The summed E-state index contributed by atoms with van der Waals surface area (Å²) in [6.45, 7) is 5.46. The Morgan fingerprint density at radius 1 is 1.53 bits per heavy atom. The Kier molecular flexibility index (Phi) is 5.49. The Balaban J connectivity index is 2.47. The van der Waals surface area contributed by atoms with Gasteiger partial charge in [-0.25, -0.2) is 13.1 Å². The zero-order chi connectivity index (χ0) is 14.5. The molecular weight excluding hydrogens is 268 g/mol. The second-order valence-electron chi connectivity index (χ2n) is 4.40. The van der Waals surface area contributed by atoms with Gasteiger partial charge in [0.05, 0.1) is 18.0 Å². The number of aromatic nitrogens is 2. The summed E-state index contributed by atoms with van der Waals surface area (Å²) in [6, 6.07) is -0.788. The van der Waals surface area contributed by atoms with Crippen molar-refractivity contribution in [2.24, 2.45) is 0 Å². The van der Waals surface area contributed by atoms with Gasteiger partial charge in [0, 0.05) is 17.8 Å². The number of aromatic amines is 1. The zero-order valence-corrected chi connectivity index (χ0v) is 12.2. The highest BCUT2D eigenvalue weighted by atomic mass is 32.2. The smallest absolute Gasteiger partial charge is 0.238 e. The van der Waals surface area contributed by atoms with Crippen LogP contribution in [0.2, 0.25) is 0 Å². The lowest BCUT2D eigenvalue weighted by Crippen LogP contribution is -2.45. The van der Waals surface area contributed by atoms with Crippen LogP contribution in [0, 0.1) is 6.92 Å². The average Bonchev–Trinajstić information content (AvgIpc) is 2.70. The third-order valence-corrected chi connectivity index (χ3v) is 4.27. The van der Waals surface area contributed by atoms with Gasteiger partial charge in [0.1, 0.15) is 0 Å². The molecule has 1 rings (SSSR count). The van der Waals surface area contributed by atoms with Crippen molar-refractivity contribution in [3.05, 3.63) is 17.5 Å². The summed E-state index contributed by atoms with van der Waals surface area (Å²) in [5, 5.41) is 9.27. The molecule has 1 heterocycles. The van der Waals surface area contributed by atoms with Crippen LogP contribution in [0.15, 0.2) is 6.20 Å². The predicted molar refractivity (Wildman–Crippen MR) is 71.8 cm³/mol. The van der Waals surface area contributed by atoms with E-state index < -0.39 is 16.1 Å². The first-order valence-electron chi connectivity index (χ1n) is 6.12. The van der Waals surface area contributed by atoms with Gasteiger partial charge in [0.15, 0.2) is 0 Å². The van der Waals surface area contributed by atoms with Gasteiger partial charge in [-0.2, -0.15) is 5.10 Å². The van der Waals surface area contributed by atoms with Gasteiger partial charge in [-0.3, -0.25) is 9.89 Å². The van der Waals surface area contributed by atoms with Crippen LogP contribution in [0.1, 0.15) is 31.5 Å². The predicted octanol–water partition coefficient (Wildman–Crippen LogP) is 0.0522. The van der Waals surface area contributed by atoms with Gasteiger partial charge in [0.25, 0.3) is 0 Å². The van der Waals surface area contributed by atoms with Crippen molar-refractivity contribution in [1.29, 1.82) is 0 Å². The highest BCUT2D eigenvalue weighted by Gasteiger charge is 2.19. The van der Waals surface area contributed by atoms with Crippen LogP contribution in [0.4, 0.5) is 0 Å². The van der Waals surface area contributed by atoms with E-state index in [1.165, 1.54) is 6.92 Å². The number of hydrogen-bond acceptors (Lipinski definition) is 4. The van der Waals surface area contributed by atoms with Gasteiger partial charge < -0.3 is 5.32 Å². The Labute approximate surface area is 113 Å². The molecule has 7 nitrogen and oxygen atoms in total. The third-order valence-electron chi connectivity index (χ3n) is 2.61. The molecule has 3 N–H and O–H groups in total. The Bertz CT molecular complexity index is 524. The largest absolute Gasteiger partial charge is 0.351 e. The van der Waals surface area contributed by atoms with Crippen molar-refractivity contribution >= 4 is 15.9 Å². The van der Waals surface area contributed by atoms with Crippen LogP contribution in [-0.2, 0) is 21.4 Å². The molecule has 0 saturated carbocycles. The molecule has 1 aromatic rings. The molecule has 0 saturated heterocycles. The van der Waals surface area contributed by atoms with Gasteiger partial charge >= 0.3 is 0 Å². The quantitative estimate of drug-likeness (QED) is 0.659. The summed E-state index contributed by atoms with van der Waals surface area (Å²) < 4.78 is 25.4. The average molecular weight is 288 g/mol. The fourth-order valence-electron chi connectivity index (χ4n) is 1.54. The zero-order valence-electron chi connectivity index (χ0n) is 11.4. The molecule has 1 atom stereocenters. The SMILES string of the molecule is CCCS(=O)(=O)NC(C)C(=O)NCc1cn[nH]c1C. The first kappa shape index (κ1) is 15.6. The second kappa shape index (κ2) is 6.67. The molecule has 0 aliphatic rings. The Hall–Kier alpha value is -1.41. The fourth-order valence-corrected chi connectivity index (χ4v) is 2.84. The van der Waals surface area contributed by atoms with Crippen LogP contribution < -0.4 is 10.0 Å². The first-order chi connectivity index (χ1) is 8.85. The summed E-state index contributed by atoms with van der Waals surface area (Å²) >= 11 is 0. The number of carbonyl (C=O) groups excluding carboxylic acids is 1.